The van der Waals surface area contributed by atoms with Crippen molar-refractivity contribution in [3.8, 4) is 5.75 Å². The van der Waals surface area contributed by atoms with Crippen LogP contribution in [-0.2, 0) is 6.42 Å². The molecule has 0 saturated heterocycles. The predicted molar refractivity (Wildman–Crippen MR) is 75.7 cm³/mol. The van der Waals surface area contributed by atoms with E-state index in [0.717, 1.165) is 11.1 Å². The van der Waals surface area contributed by atoms with Gasteiger partial charge in [0.05, 0.1) is 0 Å². The van der Waals surface area contributed by atoms with Crippen LogP contribution in [0.4, 0.5) is 0 Å². The van der Waals surface area contributed by atoms with Crippen LogP contribution >= 0.6 is 11.6 Å². The van der Waals surface area contributed by atoms with Crippen LogP contribution in [-0.4, -0.2) is 11.0 Å². The van der Waals surface area contributed by atoms with Gasteiger partial charge in [0.2, 0.25) is 0 Å². The van der Waals surface area contributed by atoms with Crippen molar-refractivity contribution in [3.63, 3.8) is 0 Å². The van der Waals surface area contributed by atoms with Gasteiger partial charge in [0, 0.05) is 21.9 Å². The van der Waals surface area contributed by atoms with E-state index < -0.39 is 12.1 Å². The van der Waals surface area contributed by atoms with Gasteiger partial charge >= 0.3 is 0 Å². The van der Waals surface area contributed by atoms with Crippen molar-refractivity contribution in [3.05, 3.63) is 74.8 Å². The highest BCUT2D eigenvalue weighted by atomic mass is 35.5. The van der Waals surface area contributed by atoms with Gasteiger partial charge in [-0.25, -0.2) is 0 Å². The maximum absolute atomic E-state index is 11.3. The first kappa shape index (κ1) is 12.9. The molecule has 0 N–H and O–H groups in total. The molecule has 0 saturated carbocycles. The summed E-state index contributed by atoms with van der Waals surface area (Å²) < 4.78 is 5.85. The minimum absolute atomic E-state index is 0.269. The topological polar surface area (TPSA) is 52.4 Å². The Morgan fingerprint density at radius 2 is 1.85 bits per heavy atom. The summed E-state index contributed by atoms with van der Waals surface area (Å²) in [7, 11) is 0. The highest BCUT2D eigenvalue weighted by molar-refractivity contribution is 6.30. The van der Waals surface area contributed by atoms with Crippen LogP contribution in [0.25, 0.3) is 0 Å². The van der Waals surface area contributed by atoms with Gasteiger partial charge in [-0.05, 0) is 23.8 Å². The number of rotatable bonds is 2. The smallest absolute Gasteiger partial charge is 0.257 e. The highest BCUT2D eigenvalue weighted by Crippen LogP contribution is 2.36. The van der Waals surface area contributed by atoms with E-state index in [1.165, 1.54) is 0 Å². The molecule has 1 aliphatic heterocycles. The van der Waals surface area contributed by atoms with E-state index in [-0.39, 0.29) is 4.92 Å². The molecular formula is C15H12ClNO3. The molecule has 0 aliphatic carbocycles. The van der Waals surface area contributed by atoms with Gasteiger partial charge in [-0.3, -0.25) is 10.1 Å². The maximum Gasteiger partial charge on any atom is 0.257 e. The number of nitro groups is 1. The van der Waals surface area contributed by atoms with E-state index in [9.17, 15) is 10.1 Å². The molecule has 0 aromatic heterocycles. The van der Waals surface area contributed by atoms with Crippen molar-refractivity contribution in [2.45, 2.75) is 18.6 Å². The molecule has 2 atom stereocenters. The summed E-state index contributed by atoms with van der Waals surface area (Å²) in [5.41, 5.74) is 1.64. The molecule has 0 bridgehead atoms. The number of fused-ring (bicyclic) bond motifs is 1. The predicted octanol–water partition coefficient (Wildman–Crippen LogP) is 3.66. The molecule has 5 heteroatoms. The average molecular weight is 290 g/mol. The Bertz CT molecular complexity index is 642. The first-order valence-electron chi connectivity index (χ1n) is 6.28. The molecule has 2 aromatic rings. The number of halogens is 1. The zero-order valence-electron chi connectivity index (χ0n) is 10.5. The summed E-state index contributed by atoms with van der Waals surface area (Å²) >= 11 is 5.86. The molecule has 3 rings (SSSR count). The zero-order valence-corrected chi connectivity index (χ0v) is 11.3. The van der Waals surface area contributed by atoms with Crippen molar-refractivity contribution < 1.29 is 9.66 Å². The number of ether oxygens (including phenoxy) is 1. The number of hydrogen-bond donors (Lipinski definition) is 0. The molecule has 0 spiro atoms. The van der Waals surface area contributed by atoms with E-state index in [4.69, 9.17) is 16.3 Å². The van der Waals surface area contributed by atoms with Crippen LogP contribution in [0.15, 0.2) is 48.5 Å². The van der Waals surface area contributed by atoms with Crippen molar-refractivity contribution in [2.75, 3.05) is 0 Å². The van der Waals surface area contributed by atoms with Gasteiger partial charge in [-0.1, -0.05) is 41.9 Å². The van der Waals surface area contributed by atoms with Gasteiger partial charge in [-0.15, -0.1) is 0 Å². The monoisotopic (exact) mass is 289 g/mol. The number of nitrogens with zero attached hydrogens (tertiary/aromatic N) is 1. The van der Waals surface area contributed by atoms with Gasteiger partial charge in [0.25, 0.3) is 6.04 Å². The highest BCUT2D eigenvalue weighted by Gasteiger charge is 2.39. The van der Waals surface area contributed by atoms with Crippen LogP contribution in [0.2, 0.25) is 5.02 Å². The quantitative estimate of drug-likeness (QED) is 0.626. The van der Waals surface area contributed by atoms with Gasteiger partial charge in [-0.2, -0.15) is 0 Å². The number of para-hydroxylation sites is 1. The third-order valence-corrected chi connectivity index (χ3v) is 3.73. The lowest BCUT2D eigenvalue weighted by molar-refractivity contribution is -0.535. The second kappa shape index (κ2) is 5.13. The Kier molecular flexibility index (Phi) is 3.32. The molecular weight excluding hydrogens is 278 g/mol. The Balaban J connectivity index is 2.00. The summed E-state index contributed by atoms with van der Waals surface area (Å²) in [6.45, 7) is 0. The second-order valence-electron chi connectivity index (χ2n) is 4.75. The third-order valence-electron chi connectivity index (χ3n) is 3.47. The SMILES string of the molecule is O=[N+]([O-])C1Cc2ccccc2O[C@H]1c1ccc(Cl)cc1. The Labute approximate surface area is 121 Å². The molecule has 0 fully saturated rings. The van der Waals surface area contributed by atoms with E-state index in [0.29, 0.717) is 17.2 Å². The molecule has 1 aliphatic rings. The van der Waals surface area contributed by atoms with Crippen molar-refractivity contribution in [1.82, 2.24) is 0 Å². The standard InChI is InChI=1S/C15H12ClNO3/c16-12-7-5-10(6-8-12)15-13(17(18)19)9-11-3-1-2-4-14(11)20-15/h1-8,13,15H,9H2/t13?,15-/m0/s1. The summed E-state index contributed by atoms with van der Waals surface area (Å²) in [5, 5.41) is 11.9. The average Bonchev–Trinajstić information content (AvgIpc) is 2.46. The minimum Gasteiger partial charge on any atom is -0.478 e. The molecule has 0 radical (unpaired) electrons. The molecule has 4 nitrogen and oxygen atoms in total. The molecule has 1 unspecified atom stereocenters. The summed E-state index contributed by atoms with van der Waals surface area (Å²) in [4.78, 5) is 11.0. The number of benzene rings is 2. The molecule has 0 amide bonds. The number of hydrogen-bond acceptors (Lipinski definition) is 3. The lowest BCUT2D eigenvalue weighted by Gasteiger charge is -2.28. The van der Waals surface area contributed by atoms with Gasteiger partial charge in [0.1, 0.15) is 5.75 Å². The van der Waals surface area contributed by atoms with Crippen molar-refractivity contribution in [1.29, 1.82) is 0 Å². The fourth-order valence-corrected chi connectivity index (χ4v) is 2.59. The zero-order chi connectivity index (χ0) is 14.1. The van der Waals surface area contributed by atoms with Crippen LogP contribution in [0.1, 0.15) is 17.2 Å². The lowest BCUT2D eigenvalue weighted by Crippen LogP contribution is -2.36. The van der Waals surface area contributed by atoms with E-state index in [1.807, 2.05) is 24.3 Å². The van der Waals surface area contributed by atoms with E-state index in [2.05, 4.69) is 0 Å². The first-order chi connectivity index (χ1) is 9.65. The van der Waals surface area contributed by atoms with Crippen LogP contribution in [0, 0.1) is 10.1 Å². The van der Waals surface area contributed by atoms with Crippen LogP contribution in [0.5, 0.6) is 5.75 Å². The first-order valence-corrected chi connectivity index (χ1v) is 6.66. The molecule has 102 valence electrons. The summed E-state index contributed by atoms with van der Waals surface area (Å²) in [6.07, 6.45) is -0.214. The maximum atomic E-state index is 11.3. The minimum atomic E-state index is -0.786. The third kappa shape index (κ3) is 2.34. The van der Waals surface area contributed by atoms with Gasteiger partial charge in [0.15, 0.2) is 6.10 Å². The van der Waals surface area contributed by atoms with Gasteiger partial charge < -0.3 is 4.74 Å². The lowest BCUT2D eigenvalue weighted by atomic mass is 9.93. The Morgan fingerprint density at radius 1 is 1.15 bits per heavy atom. The second-order valence-corrected chi connectivity index (χ2v) is 5.19. The molecule has 20 heavy (non-hydrogen) atoms. The van der Waals surface area contributed by atoms with Crippen LogP contribution < -0.4 is 4.74 Å². The van der Waals surface area contributed by atoms with E-state index >= 15 is 0 Å². The molecule has 1 heterocycles. The normalized spacial score (nSPS) is 20.9. The van der Waals surface area contributed by atoms with Crippen molar-refractivity contribution in [2.24, 2.45) is 0 Å². The van der Waals surface area contributed by atoms with E-state index in [1.54, 1.807) is 24.3 Å². The largest absolute Gasteiger partial charge is 0.478 e. The van der Waals surface area contributed by atoms with Crippen LogP contribution in [0.3, 0.4) is 0 Å². The molecule has 2 aromatic carbocycles. The Morgan fingerprint density at radius 3 is 2.55 bits per heavy atom. The fraction of sp³-hybridized carbons (Fsp3) is 0.200. The summed E-state index contributed by atoms with van der Waals surface area (Å²) in [6, 6.07) is 13.6. The van der Waals surface area contributed by atoms with Crippen molar-refractivity contribution >= 4 is 11.6 Å². The Hall–Kier alpha value is -2.07. The summed E-state index contributed by atoms with van der Waals surface area (Å²) in [5.74, 6) is 0.713. The fourth-order valence-electron chi connectivity index (χ4n) is 2.46.